The number of nitro groups is 1. The Labute approximate surface area is 172 Å². The first-order valence-electron chi connectivity index (χ1n) is 10.2. The lowest BCUT2D eigenvalue weighted by atomic mass is 10.1. The van der Waals surface area contributed by atoms with E-state index in [9.17, 15) is 10.1 Å². The van der Waals surface area contributed by atoms with E-state index in [1.807, 2.05) is 13.0 Å². The number of anilines is 1. The fourth-order valence-electron chi connectivity index (χ4n) is 3.51. The Morgan fingerprint density at radius 2 is 1.97 bits per heavy atom. The second-order valence-electron chi connectivity index (χ2n) is 7.28. The molecule has 2 N–H and O–H groups in total. The van der Waals surface area contributed by atoms with E-state index in [-0.39, 0.29) is 16.7 Å². The molecule has 1 atom stereocenters. The van der Waals surface area contributed by atoms with E-state index in [2.05, 4.69) is 51.7 Å². The molecule has 7 nitrogen and oxygen atoms in total. The maximum absolute atomic E-state index is 11.0. The van der Waals surface area contributed by atoms with Gasteiger partial charge in [-0.1, -0.05) is 24.3 Å². The van der Waals surface area contributed by atoms with Crippen molar-refractivity contribution >= 4 is 17.3 Å². The molecule has 0 saturated carbocycles. The molecule has 0 bridgehead atoms. The van der Waals surface area contributed by atoms with Crippen molar-refractivity contribution in [3.8, 4) is 0 Å². The molecule has 1 aliphatic heterocycles. The summed E-state index contributed by atoms with van der Waals surface area (Å²) < 4.78 is 0. The van der Waals surface area contributed by atoms with Crippen LogP contribution in [0, 0.1) is 10.1 Å². The zero-order valence-corrected chi connectivity index (χ0v) is 17.1. The molecule has 1 aliphatic rings. The summed E-state index contributed by atoms with van der Waals surface area (Å²) in [5.41, 5.74) is 3.37. The first-order chi connectivity index (χ1) is 14.1. The number of benzene rings is 2. The van der Waals surface area contributed by atoms with Crippen LogP contribution in [0.4, 0.5) is 11.4 Å². The Morgan fingerprint density at radius 3 is 2.69 bits per heavy atom. The molecule has 0 aliphatic carbocycles. The molecule has 1 heterocycles. The number of hydrogen-bond acceptors (Lipinski definition) is 4. The number of rotatable bonds is 7. The maximum Gasteiger partial charge on any atom is 0.269 e. The summed E-state index contributed by atoms with van der Waals surface area (Å²) in [6.07, 6.45) is 2.51. The highest BCUT2D eigenvalue weighted by atomic mass is 16.6. The second-order valence-corrected chi connectivity index (χ2v) is 7.28. The summed E-state index contributed by atoms with van der Waals surface area (Å²) in [7, 11) is 0. The lowest BCUT2D eigenvalue weighted by Crippen LogP contribution is -2.38. The zero-order valence-electron chi connectivity index (χ0n) is 17.1. The van der Waals surface area contributed by atoms with Gasteiger partial charge in [0.2, 0.25) is 0 Å². The molecule has 29 heavy (non-hydrogen) atoms. The molecule has 0 spiro atoms. The van der Waals surface area contributed by atoms with Crippen LogP contribution in [-0.4, -0.2) is 30.5 Å². The third kappa shape index (κ3) is 5.70. The monoisotopic (exact) mass is 395 g/mol. The van der Waals surface area contributed by atoms with Crippen LogP contribution >= 0.6 is 0 Å². The van der Waals surface area contributed by atoms with Crippen molar-refractivity contribution in [3.05, 3.63) is 69.8 Å². The molecule has 1 fully saturated rings. The van der Waals surface area contributed by atoms with E-state index >= 15 is 0 Å². The van der Waals surface area contributed by atoms with Crippen LogP contribution in [0.15, 0.2) is 53.5 Å². The van der Waals surface area contributed by atoms with E-state index < -0.39 is 0 Å². The molecule has 0 amide bonds. The van der Waals surface area contributed by atoms with Crippen molar-refractivity contribution in [2.75, 3.05) is 24.5 Å². The second kappa shape index (κ2) is 9.91. The van der Waals surface area contributed by atoms with E-state index in [1.54, 1.807) is 12.1 Å². The quantitative estimate of drug-likeness (QED) is 0.320. The van der Waals surface area contributed by atoms with Gasteiger partial charge in [-0.05, 0) is 49.9 Å². The van der Waals surface area contributed by atoms with Gasteiger partial charge in [0.1, 0.15) is 0 Å². The number of hydrogen-bond donors (Lipinski definition) is 2. The minimum atomic E-state index is -0.383. The molecule has 154 valence electrons. The van der Waals surface area contributed by atoms with E-state index in [4.69, 9.17) is 0 Å². The molecule has 0 radical (unpaired) electrons. The normalized spacial score (nSPS) is 15.2. The largest absolute Gasteiger partial charge is 0.372 e. The van der Waals surface area contributed by atoms with Crippen LogP contribution in [0.2, 0.25) is 0 Å². The summed E-state index contributed by atoms with van der Waals surface area (Å²) in [5.74, 6) is 0.693. The molecule has 1 saturated heterocycles. The summed E-state index contributed by atoms with van der Waals surface area (Å²) in [6, 6.07) is 15.3. The zero-order chi connectivity index (χ0) is 20.6. The number of nitrogens with one attached hydrogen (secondary N) is 2. The third-order valence-electron chi connectivity index (χ3n) is 5.08. The van der Waals surface area contributed by atoms with E-state index in [1.165, 1.54) is 30.2 Å². The van der Waals surface area contributed by atoms with Crippen LogP contribution in [0.5, 0.6) is 0 Å². The maximum atomic E-state index is 11.0. The van der Waals surface area contributed by atoms with Gasteiger partial charge in [-0.25, -0.2) is 4.99 Å². The highest BCUT2D eigenvalue weighted by Gasteiger charge is 2.14. The molecule has 2 aromatic carbocycles. The van der Waals surface area contributed by atoms with Gasteiger partial charge in [-0.15, -0.1) is 0 Å². The first kappa shape index (κ1) is 20.6. The molecule has 7 heteroatoms. The number of nitrogens with zero attached hydrogens (tertiary/aromatic N) is 3. The highest BCUT2D eigenvalue weighted by Crippen LogP contribution is 2.24. The number of guanidine groups is 1. The Hall–Kier alpha value is -3.09. The van der Waals surface area contributed by atoms with Crippen LogP contribution in [0.25, 0.3) is 0 Å². The molecular weight excluding hydrogens is 366 g/mol. The van der Waals surface area contributed by atoms with Gasteiger partial charge in [0.05, 0.1) is 17.5 Å². The van der Waals surface area contributed by atoms with E-state index in [0.717, 1.165) is 25.2 Å². The van der Waals surface area contributed by atoms with Gasteiger partial charge in [0, 0.05) is 37.5 Å². The Balaban J connectivity index is 1.69. The van der Waals surface area contributed by atoms with Crippen molar-refractivity contribution in [2.45, 2.75) is 39.3 Å². The Kier molecular flexibility index (Phi) is 7.05. The standard InChI is InChI=1S/C22H29N5O2/c1-3-23-22(24-16-18-8-6-11-21(14-18)27(28)29)25-17(2)19-9-7-10-20(15-19)26-12-4-5-13-26/h6-11,14-15,17H,3-5,12-13,16H2,1-2H3,(H2,23,24,25). The van der Waals surface area contributed by atoms with E-state index in [0.29, 0.717) is 12.5 Å². The van der Waals surface area contributed by atoms with Gasteiger partial charge < -0.3 is 15.5 Å². The van der Waals surface area contributed by atoms with Gasteiger partial charge in [-0.3, -0.25) is 10.1 Å². The smallest absolute Gasteiger partial charge is 0.269 e. The third-order valence-corrected chi connectivity index (χ3v) is 5.08. The molecule has 3 rings (SSSR count). The van der Waals surface area contributed by atoms with Gasteiger partial charge >= 0.3 is 0 Å². The molecule has 1 unspecified atom stereocenters. The van der Waals surface area contributed by atoms with Crippen molar-refractivity contribution in [2.24, 2.45) is 4.99 Å². The number of nitro benzene ring substituents is 1. The highest BCUT2D eigenvalue weighted by molar-refractivity contribution is 5.80. The van der Waals surface area contributed by atoms with Crippen molar-refractivity contribution < 1.29 is 4.92 Å². The van der Waals surface area contributed by atoms with Gasteiger partial charge in [0.15, 0.2) is 5.96 Å². The Morgan fingerprint density at radius 1 is 1.21 bits per heavy atom. The minimum absolute atomic E-state index is 0.0838. The average molecular weight is 396 g/mol. The first-order valence-corrected chi connectivity index (χ1v) is 10.2. The van der Waals surface area contributed by atoms with Crippen LogP contribution < -0.4 is 15.5 Å². The number of non-ortho nitro benzene ring substituents is 1. The average Bonchev–Trinajstić information content (AvgIpc) is 3.27. The molecular formula is C22H29N5O2. The van der Waals surface area contributed by atoms with Crippen LogP contribution in [0.3, 0.4) is 0 Å². The van der Waals surface area contributed by atoms with Crippen molar-refractivity contribution in [3.63, 3.8) is 0 Å². The fraction of sp³-hybridized carbons (Fsp3) is 0.409. The lowest BCUT2D eigenvalue weighted by molar-refractivity contribution is -0.384. The predicted octanol–water partition coefficient (Wildman–Crippen LogP) is 4.01. The number of aliphatic imine (C=N–C) groups is 1. The minimum Gasteiger partial charge on any atom is -0.372 e. The SMILES string of the molecule is CCNC(=NCc1cccc([N+](=O)[O-])c1)NC(C)c1cccc(N2CCCC2)c1. The van der Waals surface area contributed by atoms with Crippen molar-refractivity contribution in [1.82, 2.24) is 10.6 Å². The predicted molar refractivity (Wildman–Crippen MR) is 117 cm³/mol. The fourth-order valence-corrected chi connectivity index (χ4v) is 3.51. The lowest BCUT2D eigenvalue weighted by Gasteiger charge is -2.22. The summed E-state index contributed by atoms with van der Waals surface area (Å²) in [5, 5.41) is 17.7. The van der Waals surface area contributed by atoms with Crippen LogP contribution in [0.1, 0.15) is 43.9 Å². The molecule has 2 aromatic rings. The van der Waals surface area contributed by atoms with Crippen molar-refractivity contribution in [1.29, 1.82) is 0 Å². The summed E-state index contributed by atoms with van der Waals surface area (Å²) in [6.45, 7) is 7.49. The summed E-state index contributed by atoms with van der Waals surface area (Å²) in [4.78, 5) is 17.6. The summed E-state index contributed by atoms with van der Waals surface area (Å²) >= 11 is 0. The Bertz CT molecular complexity index is 862. The van der Waals surface area contributed by atoms with Gasteiger partial charge in [-0.2, -0.15) is 0 Å². The van der Waals surface area contributed by atoms with Crippen LogP contribution in [-0.2, 0) is 6.54 Å². The topological polar surface area (TPSA) is 82.8 Å². The van der Waals surface area contributed by atoms with Gasteiger partial charge in [0.25, 0.3) is 5.69 Å². The molecule has 0 aromatic heterocycles.